The maximum Gasteiger partial charge on any atom is 0.270 e. The molecule has 20 heavy (non-hydrogen) atoms. The minimum Gasteiger partial charge on any atom is -0.479 e. The number of aromatic nitrogens is 1. The highest BCUT2D eigenvalue weighted by Crippen LogP contribution is 2.30. The van der Waals surface area contributed by atoms with Crippen LogP contribution in [0.5, 0.6) is 5.88 Å². The molecule has 0 saturated carbocycles. The number of aryl methyl sites for hydroxylation is 1. The van der Waals surface area contributed by atoms with Crippen molar-refractivity contribution < 1.29 is 17.5 Å². The molecule has 108 valence electrons. The molecule has 0 fully saturated rings. The monoisotopic (exact) mass is 316 g/mol. The van der Waals surface area contributed by atoms with Crippen LogP contribution < -0.4 is 9.04 Å². The predicted octanol–water partition coefficient (Wildman–Crippen LogP) is 2.42. The summed E-state index contributed by atoms with van der Waals surface area (Å²) in [6.07, 6.45) is 0. The molecule has 2 rings (SSSR count). The van der Waals surface area contributed by atoms with Gasteiger partial charge in [0.25, 0.3) is 10.0 Å². The third-order valence-electron chi connectivity index (χ3n) is 2.78. The molecule has 0 aliphatic carbocycles. The fraction of sp³-hybridized carbons (Fsp3) is 0.250. The molecule has 0 unspecified atom stereocenters. The Morgan fingerprint density at radius 2 is 2.10 bits per heavy atom. The number of nitrogens with zero attached hydrogens (tertiary/aromatic N) is 2. The SMILES string of the molecule is COc1nscc1S(=O)(=O)N(C)c1ccc(C)cc1F. The van der Waals surface area contributed by atoms with Crippen LogP contribution in [0, 0.1) is 12.7 Å². The molecule has 1 heterocycles. The Morgan fingerprint density at radius 3 is 2.70 bits per heavy atom. The minimum atomic E-state index is -3.91. The Kier molecular flexibility index (Phi) is 3.96. The minimum absolute atomic E-state index is 0.00868. The average Bonchev–Trinajstić information content (AvgIpc) is 2.87. The highest BCUT2D eigenvalue weighted by molar-refractivity contribution is 7.93. The van der Waals surface area contributed by atoms with Crippen LogP contribution in [0.1, 0.15) is 5.56 Å². The number of halogens is 1. The van der Waals surface area contributed by atoms with Gasteiger partial charge in [0.05, 0.1) is 12.8 Å². The van der Waals surface area contributed by atoms with Crippen molar-refractivity contribution in [3.05, 3.63) is 35.0 Å². The zero-order chi connectivity index (χ0) is 14.9. The van der Waals surface area contributed by atoms with E-state index in [0.717, 1.165) is 15.8 Å². The molecule has 0 spiro atoms. The third kappa shape index (κ3) is 2.48. The van der Waals surface area contributed by atoms with Gasteiger partial charge >= 0.3 is 0 Å². The molecule has 0 saturated heterocycles. The number of ether oxygens (including phenoxy) is 1. The normalized spacial score (nSPS) is 11.4. The second-order valence-electron chi connectivity index (χ2n) is 4.12. The number of sulfonamides is 1. The van der Waals surface area contributed by atoms with E-state index in [0.29, 0.717) is 5.56 Å². The Hall–Kier alpha value is -1.67. The van der Waals surface area contributed by atoms with Crippen LogP contribution in [0.3, 0.4) is 0 Å². The standard InChI is InChI=1S/C12H13FN2O3S2/c1-8-4-5-10(9(13)6-8)15(2)20(16,17)11-7-19-14-12(11)18-3/h4-7H,1-3H3. The van der Waals surface area contributed by atoms with Crippen molar-refractivity contribution in [2.45, 2.75) is 11.8 Å². The first kappa shape index (κ1) is 14.7. The molecule has 0 aliphatic heterocycles. The van der Waals surface area contributed by atoms with E-state index in [1.807, 2.05) is 0 Å². The van der Waals surface area contributed by atoms with Crippen LogP contribution in [-0.4, -0.2) is 26.9 Å². The first-order chi connectivity index (χ1) is 9.37. The Labute approximate surface area is 120 Å². The van der Waals surface area contributed by atoms with Gasteiger partial charge in [-0.25, -0.2) is 12.8 Å². The highest BCUT2D eigenvalue weighted by Gasteiger charge is 2.28. The fourth-order valence-electron chi connectivity index (χ4n) is 1.67. The number of methoxy groups -OCH3 is 1. The lowest BCUT2D eigenvalue weighted by molar-refractivity contribution is 0.391. The van der Waals surface area contributed by atoms with E-state index < -0.39 is 15.8 Å². The Bertz CT molecular complexity index is 728. The van der Waals surface area contributed by atoms with Crippen LogP contribution in [-0.2, 0) is 10.0 Å². The van der Waals surface area contributed by atoms with Crippen molar-refractivity contribution in [2.75, 3.05) is 18.5 Å². The molecular weight excluding hydrogens is 303 g/mol. The molecule has 1 aromatic heterocycles. The van der Waals surface area contributed by atoms with Crippen LogP contribution in [0.25, 0.3) is 0 Å². The van der Waals surface area contributed by atoms with Gasteiger partial charge in [-0.3, -0.25) is 4.31 Å². The van der Waals surface area contributed by atoms with Gasteiger partial charge in [-0.15, -0.1) is 0 Å². The predicted molar refractivity (Wildman–Crippen MR) is 75.4 cm³/mol. The molecule has 0 amide bonds. The number of anilines is 1. The summed E-state index contributed by atoms with van der Waals surface area (Å²) in [6, 6.07) is 4.35. The van der Waals surface area contributed by atoms with E-state index in [9.17, 15) is 12.8 Å². The number of hydrogen-bond donors (Lipinski definition) is 0. The summed E-state index contributed by atoms with van der Waals surface area (Å²) >= 11 is 0.962. The molecule has 8 heteroatoms. The summed E-state index contributed by atoms with van der Waals surface area (Å²) in [5, 5.41) is 1.36. The third-order valence-corrected chi connectivity index (χ3v) is 5.31. The lowest BCUT2D eigenvalue weighted by Crippen LogP contribution is -2.27. The Morgan fingerprint density at radius 1 is 1.40 bits per heavy atom. The molecule has 5 nitrogen and oxygen atoms in total. The molecule has 0 radical (unpaired) electrons. The maximum absolute atomic E-state index is 13.9. The summed E-state index contributed by atoms with van der Waals surface area (Å²) in [7, 11) is -1.28. The molecule has 2 aromatic rings. The number of hydrogen-bond acceptors (Lipinski definition) is 5. The van der Waals surface area contributed by atoms with E-state index >= 15 is 0 Å². The van der Waals surface area contributed by atoms with Gasteiger partial charge in [0.2, 0.25) is 5.88 Å². The Balaban J connectivity index is 2.49. The highest BCUT2D eigenvalue weighted by atomic mass is 32.2. The number of benzene rings is 1. The summed E-state index contributed by atoms with van der Waals surface area (Å²) < 4.78 is 48.4. The average molecular weight is 316 g/mol. The largest absolute Gasteiger partial charge is 0.479 e. The topological polar surface area (TPSA) is 59.5 Å². The fourth-order valence-corrected chi connectivity index (χ4v) is 3.91. The van der Waals surface area contributed by atoms with E-state index in [1.54, 1.807) is 13.0 Å². The van der Waals surface area contributed by atoms with E-state index in [1.165, 1.54) is 31.7 Å². The van der Waals surface area contributed by atoms with Crippen molar-refractivity contribution in [3.63, 3.8) is 0 Å². The van der Waals surface area contributed by atoms with Crippen LogP contribution in [0.2, 0.25) is 0 Å². The lowest BCUT2D eigenvalue weighted by atomic mass is 10.2. The van der Waals surface area contributed by atoms with Crippen molar-refractivity contribution in [1.82, 2.24) is 4.37 Å². The molecule has 0 aliphatic rings. The van der Waals surface area contributed by atoms with E-state index in [4.69, 9.17) is 4.74 Å². The summed E-state index contributed by atoms with van der Waals surface area (Å²) in [6.45, 7) is 1.73. The second kappa shape index (κ2) is 5.37. The van der Waals surface area contributed by atoms with Crippen LogP contribution in [0.4, 0.5) is 10.1 Å². The van der Waals surface area contributed by atoms with Crippen LogP contribution >= 0.6 is 11.5 Å². The van der Waals surface area contributed by atoms with Gasteiger partial charge in [0, 0.05) is 12.4 Å². The van der Waals surface area contributed by atoms with Gasteiger partial charge < -0.3 is 4.74 Å². The number of rotatable bonds is 4. The summed E-state index contributed by atoms with van der Waals surface area (Å²) in [5.74, 6) is -0.590. The zero-order valence-electron chi connectivity index (χ0n) is 11.1. The van der Waals surface area contributed by atoms with Crippen molar-refractivity contribution in [3.8, 4) is 5.88 Å². The van der Waals surface area contributed by atoms with Gasteiger partial charge in [0.15, 0.2) is 4.90 Å². The maximum atomic E-state index is 13.9. The van der Waals surface area contributed by atoms with Crippen molar-refractivity contribution in [2.24, 2.45) is 0 Å². The summed E-state index contributed by atoms with van der Waals surface area (Å²) in [4.78, 5) is -0.0764. The van der Waals surface area contributed by atoms with E-state index in [-0.39, 0.29) is 16.5 Å². The van der Waals surface area contributed by atoms with Crippen molar-refractivity contribution in [1.29, 1.82) is 0 Å². The molecule has 0 bridgehead atoms. The first-order valence-corrected chi connectivity index (χ1v) is 7.89. The second-order valence-corrected chi connectivity index (χ2v) is 6.68. The van der Waals surface area contributed by atoms with Gasteiger partial charge in [0.1, 0.15) is 5.82 Å². The smallest absolute Gasteiger partial charge is 0.270 e. The molecule has 0 atom stereocenters. The molecular formula is C12H13FN2O3S2. The molecule has 1 aromatic carbocycles. The van der Waals surface area contributed by atoms with Crippen molar-refractivity contribution >= 4 is 27.2 Å². The lowest BCUT2D eigenvalue weighted by Gasteiger charge is -2.19. The van der Waals surface area contributed by atoms with E-state index in [2.05, 4.69) is 4.37 Å². The first-order valence-electron chi connectivity index (χ1n) is 5.61. The molecule has 0 N–H and O–H groups in total. The van der Waals surface area contributed by atoms with Gasteiger partial charge in [-0.1, -0.05) is 6.07 Å². The van der Waals surface area contributed by atoms with Gasteiger partial charge in [-0.05, 0) is 36.2 Å². The van der Waals surface area contributed by atoms with Crippen LogP contribution in [0.15, 0.2) is 28.5 Å². The van der Waals surface area contributed by atoms with Gasteiger partial charge in [-0.2, -0.15) is 4.37 Å². The summed E-state index contributed by atoms with van der Waals surface area (Å²) in [5.41, 5.74) is 0.690. The zero-order valence-corrected chi connectivity index (χ0v) is 12.8. The quantitative estimate of drug-likeness (QED) is 0.869.